The molecule has 4 heteroatoms. The van der Waals surface area contributed by atoms with E-state index in [1.54, 1.807) is 6.07 Å². The average molecular weight is 268 g/mol. The Bertz CT molecular complexity index is 708. The summed E-state index contributed by atoms with van der Waals surface area (Å²) in [5, 5.41) is 13.0. The van der Waals surface area contributed by atoms with Crippen molar-refractivity contribution in [2.24, 2.45) is 0 Å². The lowest BCUT2D eigenvalue weighted by Gasteiger charge is -2.07. The molecule has 0 aliphatic heterocycles. The Morgan fingerprint density at radius 1 is 1.25 bits per heavy atom. The average Bonchev–Trinajstić information content (AvgIpc) is 2.45. The SMILES string of the molecule is Cc1ccc(=O)n(Cc2ccccc2C#CCCO)n1. The molecule has 1 aromatic heterocycles. The summed E-state index contributed by atoms with van der Waals surface area (Å²) in [4.78, 5) is 11.8. The first-order valence-corrected chi connectivity index (χ1v) is 6.43. The third-order valence-corrected chi connectivity index (χ3v) is 2.80. The molecule has 0 aliphatic rings. The molecule has 20 heavy (non-hydrogen) atoms. The maximum atomic E-state index is 11.8. The van der Waals surface area contributed by atoms with Gasteiger partial charge in [-0.2, -0.15) is 5.10 Å². The monoisotopic (exact) mass is 268 g/mol. The zero-order valence-corrected chi connectivity index (χ0v) is 11.3. The number of benzene rings is 1. The van der Waals surface area contributed by atoms with Crippen LogP contribution in [0.1, 0.15) is 23.2 Å². The van der Waals surface area contributed by atoms with Gasteiger partial charge >= 0.3 is 0 Å². The minimum atomic E-state index is -0.131. The van der Waals surface area contributed by atoms with Crippen LogP contribution < -0.4 is 5.56 Å². The highest BCUT2D eigenvalue weighted by Gasteiger charge is 2.03. The lowest BCUT2D eigenvalue weighted by molar-refractivity contribution is 0.305. The number of rotatable bonds is 3. The topological polar surface area (TPSA) is 55.1 Å². The van der Waals surface area contributed by atoms with Gasteiger partial charge in [-0.25, -0.2) is 4.68 Å². The van der Waals surface area contributed by atoms with Crippen molar-refractivity contribution < 1.29 is 5.11 Å². The van der Waals surface area contributed by atoms with Gasteiger partial charge in [-0.1, -0.05) is 30.0 Å². The van der Waals surface area contributed by atoms with Crippen LogP contribution in [0.25, 0.3) is 0 Å². The predicted octanol–water partition coefficient (Wildman–Crippen LogP) is 1.33. The van der Waals surface area contributed by atoms with Crippen molar-refractivity contribution >= 4 is 0 Å². The minimum absolute atomic E-state index is 0.0497. The third-order valence-electron chi connectivity index (χ3n) is 2.80. The Labute approximate surface area is 117 Å². The molecule has 0 spiro atoms. The van der Waals surface area contributed by atoms with Gasteiger partial charge in [-0.15, -0.1) is 0 Å². The Hall–Kier alpha value is -2.38. The maximum absolute atomic E-state index is 11.8. The molecular weight excluding hydrogens is 252 g/mol. The smallest absolute Gasteiger partial charge is 0.267 e. The first-order chi connectivity index (χ1) is 9.70. The summed E-state index contributed by atoms with van der Waals surface area (Å²) in [6.45, 7) is 2.29. The lowest BCUT2D eigenvalue weighted by atomic mass is 10.1. The first kappa shape index (κ1) is 14.0. The van der Waals surface area contributed by atoms with Crippen LogP contribution in [-0.4, -0.2) is 21.5 Å². The standard InChI is InChI=1S/C16H16N2O2/c1-13-9-10-16(20)18(17-13)12-15-8-3-2-6-14(15)7-4-5-11-19/h2-3,6,8-10,19H,5,11-12H2,1H3. The summed E-state index contributed by atoms with van der Waals surface area (Å²) in [5.74, 6) is 5.91. The number of hydrogen-bond donors (Lipinski definition) is 1. The van der Waals surface area contributed by atoms with E-state index in [0.29, 0.717) is 13.0 Å². The normalized spacial score (nSPS) is 9.90. The largest absolute Gasteiger partial charge is 0.395 e. The van der Waals surface area contributed by atoms with E-state index in [0.717, 1.165) is 16.8 Å². The van der Waals surface area contributed by atoms with Gasteiger partial charge in [0.1, 0.15) is 0 Å². The van der Waals surface area contributed by atoms with Crippen molar-refractivity contribution in [3.63, 3.8) is 0 Å². The lowest BCUT2D eigenvalue weighted by Crippen LogP contribution is -2.23. The fourth-order valence-electron chi connectivity index (χ4n) is 1.82. The Balaban J connectivity index is 2.32. The van der Waals surface area contributed by atoms with Gasteiger partial charge in [0, 0.05) is 18.1 Å². The van der Waals surface area contributed by atoms with Crippen LogP contribution in [0.2, 0.25) is 0 Å². The van der Waals surface area contributed by atoms with Crippen LogP contribution in [0.15, 0.2) is 41.2 Å². The molecule has 0 bridgehead atoms. The van der Waals surface area contributed by atoms with Gasteiger partial charge < -0.3 is 5.11 Å². The predicted molar refractivity (Wildman–Crippen MR) is 77.4 cm³/mol. The van der Waals surface area contributed by atoms with Crippen LogP contribution in [0.4, 0.5) is 0 Å². The zero-order valence-electron chi connectivity index (χ0n) is 11.3. The molecule has 1 N–H and O–H groups in total. The Morgan fingerprint density at radius 3 is 2.85 bits per heavy atom. The summed E-state index contributed by atoms with van der Waals surface area (Å²) < 4.78 is 1.43. The highest BCUT2D eigenvalue weighted by molar-refractivity contribution is 5.41. The molecule has 0 amide bonds. The van der Waals surface area contributed by atoms with E-state index in [2.05, 4.69) is 16.9 Å². The molecule has 0 radical (unpaired) electrons. The number of aliphatic hydroxyl groups is 1. The molecule has 0 aliphatic carbocycles. The van der Waals surface area contributed by atoms with E-state index in [9.17, 15) is 4.79 Å². The zero-order chi connectivity index (χ0) is 14.4. The molecule has 0 atom stereocenters. The third kappa shape index (κ3) is 3.56. The molecule has 2 rings (SSSR count). The van der Waals surface area contributed by atoms with Gasteiger partial charge in [0.25, 0.3) is 5.56 Å². The molecule has 4 nitrogen and oxygen atoms in total. The van der Waals surface area contributed by atoms with E-state index in [1.807, 2.05) is 31.2 Å². The van der Waals surface area contributed by atoms with Crippen LogP contribution in [-0.2, 0) is 6.54 Å². The number of aryl methyl sites for hydroxylation is 1. The molecule has 1 heterocycles. The van der Waals surface area contributed by atoms with Crippen molar-refractivity contribution in [3.05, 3.63) is 63.6 Å². The molecule has 0 saturated heterocycles. The summed E-state index contributed by atoms with van der Waals surface area (Å²) in [7, 11) is 0. The highest BCUT2D eigenvalue weighted by atomic mass is 16.2. The molecule has 1 aromatic carbocycles. The van der Waals surface area contributed by atoms with Gasteiger partial charge in [-0.3, -0.25) is 4.79 Å². The quantitative estimate of drug-likeness (QED) is 0.855. The molecule has 0 unspecified atom stereocenters. The van der Waals surface area contributed by atoms with E-state index < -0.39 is 0 Å². The fourth-order valence-corrected chi connectivity index (χ4v) is 1.82. The van der Waals surface area contributed by atoms with Gasteiger partial charge in [0.05, 0.1) is 18.8 Å². The van der Waals surface area contributed by atoms with Crippen molar-refractivity contribution in [2.75, 3.05) is 6.61 Å². The van der Waals surface area contributed by atoms with E-state index in [4.69, 9.17) is 5.11 Å². The van der Waals surface area contributed by atoms with Crippen LogP contribution in [0.3, 0.4) is 0 Å². The number of aliphatic hydroxyl groups excluding tert-OH is 1. The van der Waals surface area contributed by atoms with E-state index in [-0.39, 0.29) is 12.2 Å². The Kier molecular flexibility index (Phi) is 4.70. The molecule has 102 valence electrons. The van der Waals surface area contributed by atoms with Crippen LogP contribution >= 0.6 is 0 Å². The van der Waals surface area contributed by atoms with Crippen molar-refractivity contribution in [3.8, 4) is 11.8 Å². The summed E-state index contributed by atoms with van der Waals surface area (Å²) in [5.41, 5.74) is 2.47. The second-order valence-corrected chi connectivity index (χ2v) is 4.40. The summed E-state index contributed by atoms with van der Waals surface area (Å²) in [6.07, 6.45) is 0.441. The van der Waals surface area contributed by atoms with E-state index in [1.165, 1.54) is 10.7 Å². The number of hydrogen-bond acceptors (Lipinski definition) is 3. The number of nitrogens with zero attached hydrogens (tertiary/aromatic N) is 2. The molecule has 0 fully saturated rings. The van der Waals surface area contributed by atoms with Crippen molar-refractivity contribution in [2.45, 2.75) is 19.9 Å². The van der Waals surface area contributed by atoms with Gasteiger partial charge in [0.15, 0.2) is 0 Å². The second kappa shape index (κ2) is 6.69. The van der Waals surface area contributed by atoms with Gasteiger partial charge in [0.2, 0.25) is 0 Å². The highest BCUT2D eigenvalue weighted by Crippen LogP contribution is 2.08. The second-order valence-electron chi connectivity index (χ2n) is 4.40. The molecule has 0 saturated carbocycles. The summed E-state index contributed by atoms with van der Waals surface area (Å²) in [6, 6.07) is 10.9. The summed E-state index contributed by atoms with van der Waals surface area (Å²) >= 11 is 0. The molecular formula is C16H16N2O2. The number of aromatic nitrogens is 2. The van der Waals surface area contributed by atoms with Crippen molar-refractivity contribution in [1.82, 2.24) is 9.78 Å². The fraction of sp³-hybridized carbons (Fsp3) is 0.250. The van der Waals surface area contributed by atoms with E-state index >= 15 is 0 Å². The molecule has 2 aromatic rings. The van der Waals surface area contributed by atoms with Crippen LogP contribution in [0, 0.1) is 18.8 Å². The minimum Gasteiger partial charge on any atom is -0.395 e. The van der Waals surface area contributed by atoms with Crippen molar-refractivity contribution in [1.29, 1.82) is 0 Å². The maximum Gasteiger partial charge on any atom is 0.267 e. The first-order valence-electron chi connectivity index (χ1n) is 6.43. The van der Waals surface area contributed by atoms with Gasteiger partial charge in [-0.05, 0) is 24.6 Å². The Morgan fingerprint density at radius 2 is 2.05 bits per heavy atom. The van der Waals surface area contributed by atoms with Crippen LogP contribution in [0.5, 0.6) is 0 Å².